The number of carbonyl (C=O) groups is 2. The van der Waals surface area contributed by atoms with Gasteiger partial charge in [0.15, 0.2) is 0 Å². The normalized spacial score (nSPS) is 14.4. The molecule has 2 amide bonds. The van der Waals surface area contributed by atoms with Gasteiger partial charge in [-0.3, -0.25) is 9.78 Å². The Morgan fingerprint density at radius 2 is 2.06 bits per heavy atom. The molecular formula is C24H27N5O3. The standard InChI is InChI=1S/C24H27N5O3/c1-3-15(2)26-24(32)29-21(16-6-4-7-16)13-20(28-29)19-10-9-18(12-22(19)30)27-23(31)17-8-5-11-25-14-17/h5,8-16,30H,3-4,6-7H2,1-2H3,(H,26,32)(H,27,31). The Kier molecular flexibility index (Phi) is 6.20. The number of nitrogens with one attached hydrogen (secondary N) is 2. The summed E-state index contributed by atoms with van der Waals surface area (Å²) in [6.07, 6.45) is 7.07. The molecule has 1 saturated carbocycles. The molecule has 2 aromatic heterocycles. The fraction of sp³-hybridized carbons (Fsp3) is 0.333. The van der Waals surface area contributed by atoms with Gasteiger partial charge in [0.1, 0.15) is 5.75 Å². The highest BCUT2D eigenvalue weighted by molar-refractivity contribution is 6.04. The van der Waals surface area contributed by atoms with E-state index in [1.165, 1.54) is 16.9 Å². The van der Waals surface area contributed by atoms with Crippen molar-refractivity contribution in [2.24, 2.45) is 0 Å². The molecule has 1 aliphatic rings. The van der Waals surface area contributed by atoms with Gasteiger partial charge in [-0.15, -0.1) is 0 Å². The van der Waals surface area contributed by atoms with Crippen molar-refractivity contribution in [1.29, 1.82) is 0 Å². The predicted octanol–water partition coefficient (Wildman–Crippen LogP) is 4.53. The number of pyridine rings is 1. The van der Waals surface area contributed by atoms with Crippen molar-refractivity contribution >= 4 is 17.6 Å². The zero-order valence-corrected chi connectivity index (χ0v) is 18.2. The summed E-state index contributed by atoms with van der Waals surface area (Å²) in [6, 6.07) is 9.88. The zero-order valence-electron chi connectivity index (χ0n) is 18.2. The quantitative estimate of drug-likeness (QED) is 0.529. The van der Waals surface area contributed by atoms with Crippen LogP contribution in [0.1, 0.15) is 61.5 Å². The van der Waals surface area contributed by atoms with Gasteiger partial charge in [0.2, 0.25) is 0 Å². The van der Waals surface area contributed by atoms with E-state index < -0.39 is 0 Å². The number of amides is 2. The minimum Gasteiger partial charge on any atom is -0.507 e. The Bertz CT molecular complexity index is 1120. The zero-order chi connectivity index (χ0) is 22.7. The molecule has 1 atom stereocenters. The van der Waals surface area contributed by atoms with E-state index >= 15 is 0 Å². The van der Waals surface area contributed by atoms with Gasteiger partial charge in [0.25, 0.3) is 5.91 Å². The molecular weight excluding hydrogens is 406 g/mol. The van der Waals surface area contributed by atoms with Gasteiger partial charge in [-0.05, 0) is 56.5 Å². The first-order chi connectivity index (χ1) is 15.5. The van der Waals surface area contributed by atoms with Crippen LogP contribution >= 0.6 is 0 Å². The lowest BCUT2D eigenvalue weighted by atomic mass is 9.82. The molecule has 3 aromatic rings. The monoisotopic (exact) mass is 433 g/mol. The van der Waals surface area contributed by atoms with E-state index in [0.29, 0.717) is 28.4 Å². The van der Waals surface area contributed by atoms with E-state index in [1.807, 2.05) is 19.9 Å². The molecule has 1 fully saturated rings. The van der Waals surface area contributed by atoms with Gasteiger partial charge < -0.3 is 15.7 Å². The van der Waals surface area contributed by atoms with Crippen molar-refractivity contribution in [2.75, 3.05) is 5.32 Å². The average molecular weight is 434 g/mol. The Hall–Kier alpha value is -3.68. The minimum atomic E-state index is -0.316. The second-order valence-electron chi connectivity index (χ2n) is 8.18. The van der Waals surface area contributed by atoms with Crippen LogP contribution in [-0.4, -0.2) is 37.9 Å². The van der Waals surface area contributed by atoms with Gasteiger partial charge >= 0.3 is 6.03 Å². The van der Waals surface area contributed by atoms with E-state index in [9.17, 15) is 14.7 Å². The van der Waals surface area contributed by atoms with Crippen molar-refractivity contribution in [3.05, 3.63) is 60.0 Å². The summed E-state index contributed by atoms with van der Waals surface area (Å²) in [4.78, 5) is 29.1. The number of aromatic hydroxyl groups is 1. The molecule has 1 unspecified atom stereocenters. The molecule has 8 heteroatoms. The van der Waals surface area contributed by atoms with Gasteiger partial charge in [-0.25, -0.2) is 4.79 Å². The van der Waals surface area contributed by atoms with E-state index in [4.69, 9.17) is 0 Å². The third kappa shape index (κ3) is 4.49. The Balaban J connectivity index is 1.59. The molecule has 0 spiro atoms. The third-order valence-electron chi connectivity index (χ3n) is 5.89. The number of nitrogens with zero attached hydrogens (tertiary/aromatic N) is 3. The van der Waals surface area contributed by atoms with Crippen molar-refractivity contribution in [1.82, 2.24) is 20.1 Å². The fourth-order valence-electron chi connectivity index (χ4n) is 3.58. The van der Waals surface area contributed by atoms with Crippen molar-refractivity contribution in [3.63, 3.8) is 0 Å². The molecule has 8 nitrogen and oxygen atoms in total. The van der Waals surface area contributed by atoms with Crippen LogP contribution in [0, 0.1) is 0 Å². The number of anilines is 1. The maximum absolute atomic E-state index is 12.8. The number of hydrogen-bond donors (Lipinski definition) is 3. The van der Waals surface area contributed by atoms with E-state index in [0.717, 1.165) is 31.4 Å². The van der Waals surface area contributed by atoms with E-state index in [-0.39, 0.29) is 23.7 Å². The molecule has 3 N–H and O–H groups in total. The maximum Gasteiger partial charge on any atom is 0.342 e. The minimum absolute atomic E-state index is 0.0267. The largest absolute Gasteiger partial charge is 0.507 e. The van der Waals surface area contributed by atoms with Crippen LogP contribution in [0.3, 0.4) is 0 Å². The highest BCUT2D eigenvalue weighted by Crippen LogP contribution is 2.39. The van der Waals surface area contributed by atoms with Crippen LogP contribution in [0.5, 0.6) is 5.75 Å². The first-order valence-electron chi connectivity index (χ1n) is 10.9. The molecule has 2 heterocycles. The van der Waals surface area contributed by atoms with Crippen molar-refractivity contribution in [2.45, 2.75) is 51.5 Å². The summed E-state index contributed by atoms with van der Waals surface area (Å²) in [7, 11) is 0. The number of carbonyl (C=O) groups excluding carboxylic acids is 2. The number of aromatic nitrogens is 3. The summed E-state index contributed by atoms with van der Waals surface area (Å²) in [5, 5.41) is 20.9. The second kappa shape index (κ2) is 9.21. The molecule has 0 aliphatic heterocycles. The van der Waals surface area contributed by atoms with Crippen molar-refractivity contribution in [3.8, 4) is 17.0 Å². The topological polar surface area (TPSA) is 109 Å². The molecule has 0 radical (unpaired) electrons. The highest BCUT2D eigenvalue weighted by atomic mass is 16.3. The molecule has 0 saturated heterocycles. The maximum atomic E-state index is 12.8. The SMILES string of the molecule is CCC(C)NC(=O)n1nc(-c2ccc(NC(=O)c3cccnc3)cc2O)cc1C1CCC1. The second-order valence-corrected chi connectivity index (χ2v) is 8.18. The molecule has 166 valence electrons. The Morgan fingerprint density at radius 3 is 2.69 bits per heavy atom. The van der Waals surface area contributed by atoms with Gasteiger partial charge in [-0.2, -0.15) is 9.78 Å². The number of phenolic OH excluding ortho intramolecular Hbond substituents is 1. The van der Waals surface area contributed by atoms with Gasteiger partial charge in [0.05, 0.1) is 17.0 Å². The summed E-state index contributed by atoms with van der Waals surface area (Å²) in [6.45, 7) is 3.97. The smallest absolute Gasteiger partial charge is 0.342 e. The average Bonchev–Trinajstić information content (AvgIpc) is 3.17. The fourth-order valence-corrected chi connectivity index (χ4v) is 3.58. The summed E-state index contributed by atoms with van der Waals surface area (Å²) in [5.41, 5.74) is 2.76. The van der Waals surface area contributed by atoms with Crippen LogP contribution < -0.4 is 10.6 Å². The van der Waals surface area contributed by atoms with Crippen LogP contribution in [-0.2, 0) is 0 Å². The first kappa shape index (κ1) is 21.5. The van der Waals surface area contributed by atoms with Crippen molar-refractivity contribution < 1.29 is 14.7 Å². The lowest BCUT2D eigenvalue weighted by molar-refractivity contribution is 0.102. The molecule has 0 bridgehead atoms. The first-order valence-corrected chi connectivity index (χ1v) is 10.9. The lowest BCUT2D eigenvalue weighted by Gasteiger charge is -2.25. The van der Waals surface area contributed by atoms with E-state index in [1.54, 1.807) is 30.5 Å². The summed E-state index contributed by atoms with van der Waals surface area (Å²) < 4.78 is 1.43. The highest BCUT2D eigenvalue weighted by Gasteiger charge is 2.28. The van der Waals surface area contributed by atoms with E-state index in [2.05, 4.69) is 20.7 Å². The van der Waals surface area contributed by atoms with Crippen LogP contribution in [0.4, 0.5) is 10.5 Å². The Labute approximate surface area is 186 Å². The number of phenols is 1. The van der Waals surface area contributed by atoms with Crippen LogP contribution in [0.15, 0.2) is 48.8 Å². The summed E-state index contributed by atoms with van der Waals surface area (Å²) in [5.74, 6) is -0.0521. The number of benzene rings is 1. The Morgan fingerprint density at radius 1 is 1.25 bits per heavy atom. The molecule has 1 aliphatic carbocycles. The third-order valence-corrected chi connectivity index (χ3v) is 5.89. The predicted molar refractivity (Wildman–Crippen MR) is 122 cm³/mol. The van der Waals surface area contributed by atoms with Gasteiger partial charge in [-0.1, -0.05) is 13.3 Å². The lowest BCUT2D eigenvalue weighted by Crippen LogP contribution is -2.37. The van der Waals surface area contributed by atoms with Gasteiger partial charge in [0, 0.05) is 41.7 Å². The number of rotatable bonds is 6. The van der Waals surface area contributed by atoms with Crippen LogP contribution in [0.2, 0.25) is 0 Å². The van der Waals surface area contributed by atoms with Crippen LogP contribution in [0.25, 0.3) is 11.3 Å². The summed E-state index contributed by atoms with van der Waals surface area (Å²) >= 11 is 0. The molecule has 32 heavy (non-hydrogen) atoms. The molecule has 1 aromatic carbocycles. The number of hydrogen-bond acceptors (Lipinski definition) is 5. The molecule has 4 rings (SSSR count).